The van der Waals surface area contributed by atoms with Crippen LogP contribution in [-0.2, 0) is 0 Å². The molecule has 5 rings (SSSR count). The molecule has 0 bridgehead atoms. The molecule has 0 radical (unpaired) electrons. The van der Waals surface area contributed by atoms with Crippen LogP contribution >= 0.6 is 11.3 Å². The number of para-hydroxylation sites is 1. The number of benzene rings is 3. The van der Waals surface area contributed by atoms with Crippen LogP contribution < -0.4 is 14.2 Å². The van der Waals surface area contributed by atoms with Crippen LogP contribution in [0, 0.1) is 10.1 Å². The van der Waals surface area contributed by atoms with Gasteiger partial charge in [-0.3, -0.25) is 10.1 Å². The number of rotatable bonds is 5. The highest BCUT2D eigenvalue weighted by atomic mass is 32.1. The summed E-state index contributed by atoms with van der Waals surface area (Å²) >= 11 is 1.38. The second kappa shape index (κ2) is 8.83. The van der Waals surface area contributed by atoms with Crippen molar-refractivity contribution in [1.29, 1.82) is 0 Å². The number of thiazole rings is 1. The summed E-state index contributed by atoms with van der Waals surface area (Å²) in [5, 5.41) is 23.2. The Kier molecular flexibility index (Phi) is 5.56. The first-order chi connectivity index (χ1) is 16.5. The lowest BCUT2D eigenvalue weighted by Crippen LogP contribution is -2.15. The molecule has 3 aromatic carbocycles. The summed E-state index contributed by atoms with van der Waals surface area (Å²) in [6.07, 6.45) is -1.52. The van der Waals surface area contributed by atoms with Gasteiger partial charge in [-0.2, -0.15) is 0 Å². The van der Waals surface area contributed by atoms with Crippen molar-refractivity contribution in [3.8, 4) is 50.2 Å². The first-order valence-corrected chi connectivity index (χ1v) is 11.0. The molecular formula is C24H16N2O7S. The van der Waals surface area contributed by atoms with Gasteiger partial charge in [0.25, 0.3) is 5.69 Å². The summed E-state index contributed by atoms with van der Waals surface area (Å²) in [5.41, 5.74) is 2.59. The van der Waals surface area contributed by atoms with Crippen LogP contribution in [0.4, 0.5) is 10.5 Å². The number of fused-ring (bicyclic) bond motifs is 1. The third-order valence-corrected chi connectivity index (χ3v) is 6.05. The molecule has 1 N–H and O–H groups in total. The Morgan fingerprint density at radius 1 is 1.00 bits per heavy atom. The van der Waals surface area contributed by atoms with E-state index in [1.807, 2.05) is 23.6 Å². The van der Waals surface area contributed by atoms with E-state index in [9.17, 15) is 20.0 Å². The number of nitro groups is 1. The SMILES string of the molecule is O=C(O)Oc1cc(-c2nc(-c3ccc4c(c3)OCCO4)cs2)ccc1-c1ccccc1[N+](=O)[O-]. The molecule has 1 aliphatic heterocycles. The van der Waals surface area contributed by atoms with E-state index in [4.69, 9.17) is 14.2 Å². The number of hydrogen-bond acceptors (Lipinski definition) is 8. The molecule has 0 atom stereocenters. The van der Waals surface area contributed by atoms with Gasteiger partial charge in [0.1, 0.15) is 24.0 Å². The molecule has 0 saturated heterocycles. The molecule has 34 heavy (non-hydrogen) atoms. The molecule has 0 saturated carbocycles. The summed E-state index contributed by atoms with van der Waals surface area (Å²) in [4.78, 5) is 27.0. The number of carbonyl (C=O) groups is 1. The quantitative estimate of drug-likeness (QED) is 0.164. The molecule has 4 aromatic rings. The summed E-state index contributed by atoms with van der Waals surface area (Å²) in [6.45, 7) is 0.993. The molecule has 0 fully saturated rings. The molecule has 0 spiro atoms. The van der Waals surface area contributed by atoms with Crippen molar-refractivity contribution < 1.29 is 29.0 Å². The van der Waals surface area contributed by atoms with E-state index in [-0.39, 0.29) is 17.0 Å². The van der Waals surface area contributed by atoms with Gasteiger partial charge in [0.05, 0.1) is 16.2 Å². The number of ether oxygens (including phenoxy) is 3. The lowest BCUT2D eigenvalue weighted by molar-refractivity contribution is -0.384. The molecule has 9 nitrogen and oxygen atoms in total. The maximum atomic E-state index is 11.5. The molecule has 0 unspecified atom stereocenters. The van der Waals surface area contributed by atoms with Crippen molar-refractivity contribution in [3.05, 3.63) is 76.2 Å². The number of carboxylic acid groups (broad SMARTS) is 1. The van der Waals surface area contributed by atoms with Gasteiger partial charge in [0.2, 0.25) is 0 Å². The van der Waals surface area contributed by atoms with Crippen LogP contribution in [0.2, 0.25) is 0 Å². The first kappa shape index (κ1) is 21.4. The molecule has 1 aromatic heterocycles. The number of nitro benzene ring substituents is 1. The van der Waals surface area contributed by atoms with E-state index >= 15 is 0 Å². The van der Waals surface area contributed by atoms with Gasteiger partial charge >= 0.3 is 6.16 Å². The van der Waals surface area contributed by atoms with Crippen molar-refractivity contribution >= 4 is 23.2 Å². The van der Waals surface area contributed by atoms with Crippen molar-refractivity contribution in [3.63, 3.8) is 0 Å². The highest BCUT2D eigenvalue weighted by Gasteiger charge is 2.21. The van der Waals surface area contributed by atoms with E-state index in [2.05, 4.69) is 4.98 Å². The van der Waals surface area contributed by atoms with Crippen LogP contribution in [0.25, 0.3) is 33.0 Å². The molecule has 170 valence electrons. The molecule has 2 heterocycles. The Labute approximate surface area is 197 Å². The number of hydrogen-bond donors (Lipinski definition) is 1. The third kappa shape index (κ3) is 4.14. The predicted molar refractivity (Wildman–Crippen MR) is 125 cm³/mol. The standard InChI is InChI=1S/C24H16N2O7S/c27-24(28)33-21-12-15(5-7-17(21)16-3-1-2-4-19(16)26(29)30)23-25-18(13-34-23)14-6-8-20-22(11-14)32-10-9-31-20/h1-8,11-13H,9-10H2,(H,27,28). The topological polar surface area (TPSA) is 121 Å². The van der Waals surface area contributed by atoms with E-state index < -0.39 is 11.1 Å². The maximum absolute atomic E-state index is 11.5. The largest absolute Gasteiger partial charge is 0.511 e. The maximum Gasteiger partial charge on any atom is 0.511 e. The molecule has 0 aliphatic carbocycles. The summed E-state index contributed by atoms with van der Waals surface area (Å²) in [6, 6.07) is 16.5. The van der Waals surface area contributed by atoms with Gasteiger partial charge in [-0.05, 0) is 36.4 Å². The van der Waals surface area contributed by atoms with Crippen molar-refractivity contribution in [2.45, 2.75) is 0 Å². The second-order valence-corrected chi connectivity index (χ2v) is 8.11. The molecule has 1 aliphatic rings. The zero-order valence-electron chi connectivity index (χ0n) is 17.5. The van der Waals surface area contributed by atoms with Crippen LogP contribution in [0.15, 0.2) is 66.0 Å². The Bertz CT molecular complexity index is 1420. The Balaban J connectivity index is 1.53. The predicted octanol–water partition coefficient (Wildman–Crippen LogP) is 5.88. The summed E-state index contributed by atoms with van der Waals surface area (Å²) in [5.74, 6) is 1.33. The van der Waals surface area contributed by atoms with E-state index in [0.717, 1.165) is 11.3 Å². The average molecular weight is 476 g/mol. The van der Waals surface area contributed by atoms with Crippen LogP contribution in [-0.4, -0.2) is 34.4 Å². The summed E-state index contributed by atoms with van der Waals surface area (Å²) < 4.78 is 16.2. The number of nitrogens with zero attached hydrogens (tertiary/aromatic N) is 2. The minimum Gasteiger partial charge on any atom is -0.486 e. The second-order valence-electron chi connectivity index (χ2n) is 7.25. The zero-order chi connectivity index (χ0) is 23.7. The fraction of sp³-hybridized carbons (Fsp3) is 0.0833. The smallest absolute Gasteiger partial charge is 0.486 e. The fourth-order valence-corrected chi connectivity index (χ4v) is 4.48. The van der Waals surface area contributed by atoms with Gasteiger partial charge < -0.3 is 19.3 Å². The van der Waals surface area contributed by atoms with Crippen LogP contribution in [0.5, 0.6) is 17.2 Å². The fourth-order valence-electron chi connectivity index (χ4n) is 3.66. The lowest BCUT2D eigenvalue weighted by atomic mass is 10.0. The number of aromatic nitrogens is 1. The van der Waals surface area contributed by atoms with Gasteiger partial charge in [0, 0.05) is 28.1 Å². The molecule has 0 amide bonds. The Hall–Kier alpha value is -4.44. The van der Waals surface area contributed by atoms with Crippen molar-refractivity contribution in [2.75, 3.05) is 13.2 Å². The van der Waals surface area contributed by atoms with Crippen LogP contribution in [0.3, 0.4) is 0 Å². The lowest BCUT2D eigenvalue weighted by Gasteiger charge is -2.18. The van der Waals surface area contributed by atoms with Gasteiger partial charge in [-0.1, -0.05) is 18.2 Å². The minimum absolute atomic E-state index is 0.0182. The van der Waals surface area contributed by atoms with Gasteiger partial charge in [-0.15, -0.1) is 11.3 Å². The monoisotopic (exact) mass is 476 g/mol. The highest BCUT2D eigenvalue weighted by Crippen LogP contribution is 2.40. The highest BCUT2D eigenvalue weighted by molar-refractivity contribution is 7.13. The minimum atomic E-state index is -1.52. The van der Waals surface area contributed by atoms with Crippen molar-refractivity contribution in [1.82, 2.24) is 4.98 Å². The van der Waals surface area contributed by atoms with E-state index in [1.54, 1.807) is 30.3 Å². The van der Waals surface area contributed by atoms with Crippen molar-refractivity contribution in [2.24, 2.45) is 0 Å². The van der Waals surface area contributed by atoms with E-state index in [1.165, 1.54) is 23.5 Å². The first-order valence-electron chi connectivity index (χ1n) is 10.1. The van der Waals surface area contributed by atoms with Crippen LogP contribution in [0.1, 0.15) is 0 Å². The third-order valence-electron chi connectivity index (χ3n) is 5.16. The van der Waals surface area contributed by atoms with Gasteiger partial charge in [-0.25, -0.2) is 9.78 Å². The molecular weight excluding hydrogens is 460 g/mol. The summed E-state index contributed by atoms with van der Waals surface area (Å²) in [7, 11) is 0. The zero-order valence-corrected chi connectivity index (χ0v) is 18.3. The normalized spacial score (nSPS) is 12.2. The Morgan fingerprint density at radius 3 is 2.56 bits per heavy atom. The molecule has 10 heteroatoms. The van der Waals surface area contributed by atoms with Gasteiger partial charge in [0.15, 0.2) is 11.5 Å². The average Bonchev–Trinajstić information content (AvgIpc) is 3.34. The van der Waals surface area contributed by atoms with E-state index in [0.29, 0.717) is 40.8 Å². The Morgan fingerprint density at radius 2 is 1.76 bits per heavy atom.